The highest BCUT2D eigenvalue weighted by atomic mass is 32.2. The summed E-state index contributed by atoms with van der Waals surface area (Å²) in [6.07, 6.45) is 0. The molecule has 3 aromatic carbocycles. The van der Waals surface area contributed by atoms with Crippen LogP contribution in [0.1, 0.15) is 37.4 Å². The second kappa shape index (κ2) is 12.9. The number of aryl methyl sites for hydroxylation is 3. The lowest BCUT2D eigenvalue weighted by Gasteiger charge is -2.11. The van der Waals surface area contributed by atoms with Gasteiger partial charge in [-0.25, -0.2) is 0 Å². The maximum absolute atomic E-state index is 13.0. The highest BCUT2D eigenvalue weighted by Crippen LogP contribution is 2.33. The fourth-order valence-electron chi connectivity index (χ4n) is 3.11. The lowest BCUT2D eigenvalue weighted by molar-refractivity contribution is -0.112. The van der Waals surface area contributed by atoms with E-state index >= 15 is 0 Å². The highest BCUT2D eigenvalue weighted by molar-refractivity contribution is 8.22. The Labute approximate surface area is 220 Å². The Hall–Kier alpha value is -3.60. The van der Waals surface area contributed by atoms with Crippen molar-refractivity contribution < 1.29 is 14.4 Å². The number of benzene rings is 3. The van der Waals surface area contributed by atoms with Gasteiger partial charge in [0.2, 0.25) is 0 Å². The second-order valence-corrected chi connectivity index (χ2v) is 10.5. The van der Waals surface area contributed by atoms with Gasteiger partial charge >= 0.3 is 0 Å². The van der Waals surface area contributed by atoms with Crippen molar-refractivity contribution in [1.29, 1.82) is 5.26 Å². The molecule has 0 aliphatic heterocycles. The molecular weight excluding hydrogens is 488 g/mol. The van der Waals surface area contributed by atoms with Gasteiger partial charge in [-0.2, -0.15) is 5.26 Å². The standard InChI is InChI=1S/C29H26N2O3S2/c1-19-4-10-22(11-5-19)26(32)17-35-29(36-18-27(33)23-12-6-20(2)7-13-23)25(16-30)28(34)31-24-14-8-21(3)9-15-24/h4-15H,17-18H2,1-3H3,(H,31,34). The fraction of sp³-hybridized carbons (Fsp3) is 0.172. The van der Waals surface area contributed by atoms with E-state index in [-0.39, 0.29) is 28.6 Å². The Morgan fingerprint density at radius 3 is 1.47 bits per heavy atom. The molecule has 0 heterocycles. The van der Waals surface area contributed by atoms with E-state index in [1.54, 1.807) is 36.4 Å². The molecule has 3 rings (SSSR count). The predicted molar refractivity (Wildman–Crippen MR) is 148 cm³/mol. The number of nitrogens with zero attached hydrogens (tertiary/aromatic N) is 1. The first kappa shape index (κ1) is 27.0. The summed E-state index contributed by atoms with van der Waals surface area (Å²) in [5.74, 6) is -0.763. The van der Waals surface area contributed by atoms with Gasteiger partial charge in [-0.3, -0.25) is 14.4 Å². The van der Waals surface area contributed by atoms with E-state index in [0.717, 1.165) is 40.2 Å². The molecule has 0 atom stereocenters. The molecule has 0 fully saturated rings. The molecule has 182 valence electrons. The van der Waals surface area contributed by atoms with Gasteiger partial charge in [0.1, 0.15) is 11.6 Å². The first-order valence-electron chi connectivity index (χ1n) is 11.2. The summed E-state index contributed by atoms with van der Waals surface area (Å²) in [6.45, 7) is 5.82. The van der Waals surface area contributed by atoms with Crippen LogP contribution in [0, 0.1) is 32.1 Å². The number of hydrogen-bond donors (Lipinski definition) is 1. The molecule has 5 nitrogen and oxygen atoms in total. The molecule has 0 aliphatic carbocycles. The molecule has 0 bridgehead atoms. The number of carbonyl (C=O) groups is 3. The van der Waals surface area contributed by atoms with Crippen LogP contribution in [0.25, 0.3) is 0 Å². The van der Waals surface area contributed by atoms with Gasteiger partial charge in [0, 0.05) is 16.8 Å². The summed E-state index contributed by atoms with van der Waals surface area (Å²) < 4.78 is 0.336. The first-order valence-corrected chi connectivity index (χ1v) is 13.2. The van der Waals surface area contributed by atoms with Crippen molar-refractivity contribution in [2.75, 3.05) is 16.8 Å². The van der Waals surface area contributed by atoms with Gasteiger partial charge in [-0.15, -0.1) is 23.5 Å². The number of nitrogens with one attached hydrogen (secondary N) is 1. The van der Waals surface area contributed by atoms with Crippen molar-refractivity contribution in [3.8, 4) is 6.07 Å². The third kappa shape index (κ3) is 7.70. The Morgan fingerprint density at radius 2 is 1.08 bits per heavy atom. The van der Waals surface area contributed by atoms with E-state index in [0.29, 0.717) is 21.1 Å². The fourth-order valence-corrected chi connectivity index (χ4v) is 5.22. The predicted octanol–water partition coefficient (Wildman–Crippen LogP) is 6.52. The molecule has 0 aliphatic rings. The minimum Gasteiger partial charge on any atom is -0.321 e. The molecule has 36 heavy (non-hydrogen) atoms. The minimum atomic E-state index is -0.582. The largest absolute Gasteiger partial charge is 0.321 e. The maximum Gasteiger partial charge on any atom is 0.268 e. The Balaban J connectivity index is 1.81. The quantitative estimate of drug-likeness (QED) is 0.188. The number of Topliss-reactive ketones (excluding diaryl/α,β-unsaturated/α-hetero) is 2. The zero-order valence-electron chi connectivity index (χ0n) is 20.3. The average Bonchev–Trinajstić information content (AvgIpc) is 2.87. The van der Waals surface area contributed by atoms with E-state index in [2.05, 4.69) is 5.32 Å². The van der Waals surface area contributed by atoms with Gasteiger partial charge in [0.25, 0.3) is 5.91 Å². The normalized spacial score (nSPS) is 10.3. The van der Waals surface area contributed by atoms with Crippen molar-refractivity contribution in [3.05, 3.63) is 110 Å². The zero-order chi connectivity index (χ0) is 26.1. The molecule has 0 aromatic heterocycles. The van der Waals surface area contributed by atoms with Gasteiger partial charge in [0.05, 0.1) is 15.7 Å². The van der Waals surface area contributed by atoms with E-state index in [1.807, 2.05) is 63.2 Å². The minimum absolute atomic E-state index is 0.0348. The first-order chi connectivity index (χ1) is 17.3. The van der Waals surface area contributed by atoms with Crippen LogP contribution in [0.2, 0.25) is 0 Å². The number of anilines is 1. The average molecular weight is 515 g/mol. The maximum atomic E-state index is 13.0. The summed E-state index contributed by atoms with van der Waals surface area (Å²) in [5, 5.41) is 12.6. The van der Waals surface area contributed by atoms with Crippen LogP contribution in [-0.2, 0) is 4.79 Å². The molecular formula is C29H26N2O3S2. The summed E-state index contributed by atoms with van der Waals surface area (Å²) in [4.78, 5) is 38.5. The van der Waals surface area contributed by atoms with Gasteiger partial charge in [-0.05, 0) is 32.9 Å². The van der Waals surface area contributed by atoms with Crippen LogP contribution >= 0.6 is 23.5 Å². The molecule has 0 unspecified atom stereocenters. The number of nitriles is 1. The number of ketones is 2. The van der Waals surface area contributed by atoms with Gasteiger partial charge < -0.3 is 5.32 Å². The summed E-state index contributed by atoms with van der Waals surface area (Å²) in [6, 6.07) is 23.7. The van der Waals surface area contributed by atoms with E-state index in [9.17, 15) is 19.6 Å². The number of amides is 1. The summed E-state index contributed by atoms with van der Waals surface area (Å²) >= 11 is 2.20. The van der Waals surface area contributed by atoms with Crippen LogP contribution in [-0.4, -0.2) is 29.0 Å². The van der Waals surface area contributed by atoms with Crippen molar-refractivity contribution in [3.63, 3.8) is 0 Å². The van der Waals surface area contributed by atoms with Crippen molar-refractivity contribution in [1.82, 2.24) is 0 Å². The molecule has 1 N–H and O–H groups in total. The Morgan fingerprint density at radius 1 is 0.694 bits per heavy atom. The van der Waals surface area contributed by atoms with Crippen LogP contribution in [0.3, 0.4) is 0 Å². The lowest BCUT2D eigenvalue weighted by atomic mass is 10.1. The van der Waals surface area contributed by atoms with Crippen LogP contribution in [0.4, 0.5) is 5.69 Å². The van der Waals surface area contributed by atoms with E-state index in [1.165, 1.54) is 0 Å². The highest BCUT2D eigenvalue weighted by Gasteiger charge is 2.20. The Kier molecular flexibility index (Phi) is 9.69. The molecule has 7 heteroatoms. The topological polar surface area (TPSA) is 87.0 Å². The SMILES string of the molecule is Cc1ccc(NC(=O)C(C#N)=C(SCC(=O)c2ccc(C)cc2)SCC(=O)c2ccc(C)cc2)cc1. The van der Waals surface area contributed by atoms with Crippen molar-refractivity contribution in [2.45, 2.75) is 20.8 Å². The van der Waals surface area contributed by atoms with Crippen molar-refractivity contribution >= 4 is 46.7 Å². The summed E-state index contributed by atoms with van der Waals surface area (Å²) in [7, 11) is 0. The van der Waals surface area contributed by atoms with Gasteiger partial charge in [0.15, 0.2) is 11.6 Å². The van der Waals surface area contributed by atoms with E-state index < -0.39 is 5.91 Å². The molecule has 0 spiro atoms. The second-order valence-electron chi connectivity index (χ2n) is 8.25. The van der Waals surface area contributed by atoms with Crippen LogP contribution in [0.5, 0.6) is 0 Å². The molecule has 0 saturated carbocycles. The number of carbonyl (C=O) groups excluding carboxylic acids is 3. The monoisotopic (exact) mass is 514 g/mol. The molecule has 3 aromatic rings. The molecule has 0 radical (unpaired) electrons. The van der Waals surface area contributed by atoms with E-state index in [4.69, 9.17) is 0 Å². The number of rotatable bonds is 10. The van der Waals surface area contributed by atoms with Crippen LogP contribution in [0.15, 0.2) is 82.6 Å². The third-order valence-electron chi connectivity index (χ3n) is 5.27. The number of hydrogen-bond acceptors (Lipinski definition) is 6. The van der Waals surface area contributed by atoms with Crippen LogP contribution < -0.4 is 5.32 Å². The summed E-state index contributed by atoms with van der Waals surface area (Å²) in [5.41, 5.74) is 4.67. The lowest BCUT2D eigenvalue weighted by Crippen LogP contribution is -2.15. The Bertz CT molecular complexity index is 1260. The zero-order valence-corrected chi connectivity index (χ0v) is 22.0. The molecule has 0 saturated heterocycles. The van der Waals surface area contributed by atoms with Gasteiger partial charge in [-0.1, -0.05) is 77.4 Å². The third-order valence-corrected chi connectivity index (χ3v) is 7.72. The number of thioether (sulfide) groups is 2. The van der Waals surface area contributed by atoms with Crippen molar-refractivity contribution in [2.24, 2.45) is 0 Å². The smallest absolute Gasteiger partial charge is 0.268 e. The molecule has 1 amide bonds.